The molecule has 2 nitrogen and oxygen atoms in total. The van der Waals surface area contributed by atoms with Crippen LogP contribution in [0.4, 0.5) is 5.69 Å². The lowest BCUT2D eigenvalue weighted by atomic mass is 10.1. The molecule has 0 atom stereocenters. The van der Waals surface area contributed by atoms with Crippen LogP contribution in [0.5, 0.6) is 0 Å². The van der Waals surface area contributed by atoms with Gasteiger partial charge in [0, 0.05) is 22.8 Å². The second kappa shape index (κ2) is 4.16. The van der Waals surface area contributed by atoms with Crippen LogP contribution in [-0.4, -0.2) is 5.75 Å². The first-order valence-corrected chi connectivity index (χ1v) is 6.09. The van der Waals surface area contributed by atoms with E-state index in [0.29, 0.717) is 11.8 Å². The topological polar surface area (TPSA) is 49.8 Å². The van der Waals surface area contributed by atoms with Crippen molar-refractivity contribution in [1.29, 1.82) is 5.26 Å². The number of nitrogens with two attached hydrogens (primary N) is 1. The molecule has 1 fully saturated rings. The quantitative estimate of drug-likeness (QED) is 0.624. The Kier molecular flexibility index (Phi) is 2.88. The first kappa shape index (κ1) is 10.4. The molecule has 1 aliphatic carbocycles. The maximum atomic E-state index is 8.71. The third kappa shape index (κ3) is 2.45. The number of nitrogens with zero attached hydrogens (tertiary/aromatic N) is 1. The van der Waals surface area contributed by atoms with Gasteiger partial charge in [-0.15, -0.1) is 11.8 Å². The normalized spacial score (nSPS) is 17.0. The fourth-order valence-corrected chi connectivity index (χ4v) is 2.82. The van der Waals surface area contributed by atoms with Gasteiger partial charge in [-0.05, 0) is 30.4 Å². The van der Waals surface area contributed by atoms with Crippen LogP contribution in [0.3, 0.4) is 0 Å². The van der Waals surface area contributed by atoms with E-state index in [1.807, 2.05) is 24.3 Å². The van der Waals surface area contributed by atoms with Crippen LogP contribution in [0.25, 0.3) is 0 Å². The molecule has 1 saturated carbocycles. The van der Waals surface area contributed by atoms with Gasteiger partial charge in [-0.25, -0.2) is 0 Å². The van der Waals surface area contributed by atoms with E-state index in [0.717, 1.165) is 16.3 Å². The van der Waals surface area contributed by atoms with Crippen LogP contribution in [0, 0.1) is 16.7 Å². The molecule has 2 N–H and O–H groups in total. The van der Waals surface area contributed by atoms with Crippen LogP contribution < -0.4 is 5.73 Å². The zero-order valence-corrected chi connectivity index (χ0v) is 9.39. The number of rotatable bonds is 4. The van der Waals surface area contributed by atoms with Crippen molar-refractivity contribution in [1.82, 2.24) is 0 Å². The second-order valence-corrected chi connectivity index (χ2v) is 5.18. The van der Waals surface area contributed by atoms with Gasteiger partial charge in [0.25, 0.3) is 0 Å². The number of para-hydroxylation sites is 1. The number of thioether (sulfide) groups is 1. The Morgan fingerprint density at radius 2 is 2.13 bits per heavy atom. The molecule has 3 heteroatoms. The number of nitrogen functional groups attached to an aromatic ring is 1. The molecule has 0 bridgehead atoms. The minimum absolute atomic E-state index is 0.293. The summed E-state index contributed by atoms with van der Waals surface area (Å²) in [5, 5.41) is 8.71. The molecule has 0 spiro atoms. The Balaban J connectivity index is 1.94. The molecule has 0 heterocycles. The highest BCUT2D eigenvalue weighted by Crippen LogP contribution is 2.52. The Hall–Kier alpha value is -1.14. The van der Waals surface area contributed by atoms with Crippen molar-refractivity contribution in [2.24, 2.45) is 5.41 Å². The Labute approximate surface area is 94.5 Å². The predicted molar refractivity (Wildman–Crippen MR) is 63.5 cm³/mol. The summed E-state index contributed by atoms with van der Waals surface area (Å²) in [5.41, 5.74) is 6.99. The number of hydrogen-bond acceptors (Lipinski definition) is 3. The Bertz CT molecular complexity index is 391. The highest BCUT2D eigenvalue weighted by Gasteiger charge is 2.42. The van der Waals surface area contributed by atoms with Crippen LogP contribution in [0.2, 0.25) is 0 Å². The van der Waals surface area contributed by atoms with Gasteiger partial charge >= 0.3 is 0 Å². The minimum atomic E-state index is 0.293. The molecule has 0 aliphatic heterocycles. The summed E-state index contributed by atoms with van der Waals surface area (Å²) in [7, 11) is 0. The number of nitriles is 1. The molecule has 2 rings (SSSR count). The number of hydrogen-bond donors (Lipinski definition) is 1. The summed E-state index contributed by atoms with van der Waals surface area (Å²) in [6.45, 7) is 0. The van der Waals surface area contributed by atoms with Crippen LogP contribution in [-0.2, 0) is 0 Å². The lowest BCUT2D eigenvalue weighted by Gasteiger charge is -2.11. The fourth-order valence-electron chi connectivity index (χ4n) is 1.56. The van der Waals surface area contributed by atoms with E-state index in [1.165, 1.54) is 12.8 Å². The summed E-state index contributed by atoms with van der Waals surface area (Å²) in [4.78, 5) is 1.14. The van der Waals surface area contributed by atoms with Gasteiger partial charge in [0.1, 0.15) is 0 Å². The second-order valence-electron chi connectivity index (χ2n) is 4.16. The summed E-state index contributed by atoms with van der Waals surface area (Å²) in [6.07, 6.45) is 3.08. The van der Waals surface area contributed by atoms with Gasteiger partial charge in [-0.1, -0.05) is 12.1 Å². The van der Waals surface area contributed by atoms with E-state index in [-0.39, 0.29) is 0 Å². The van der Waals surface area contributed by atoms with Gasteiger partial charge < -0.3 is 5.73 Å². The summed E-state index contributed by atoms with van der Waals surface area (Å²) in [6, 6.07) is 10.2. The van der Waals surface area contributed by atoms with Crippen molar-refractivity contribution < 1.29 is 0 Å². The SMILES string of the molecule is N#CCC1(CSc2ccccc2N)CC1. The standard InChI is InChI=1S/C12H14N2S/c13-8-7-12(5-6-12)9-15-11-4-2-1-3-10(11)14/h1-4H,5-7,9,14H2. The van der Waals surface area contributed by atoms with Crippen molar-refractivity contribution in [3.8, 4) is 6.07 Å². The fraction of sp³-hybridized carbons (Fsp3) is 0.417. The number of anilines is 1. The van der Waals surface area contributed by atoms with E-state index >= 15 is 0 Å². The molecular weight excluding hydrogens is 204 g/mol. The smallest absolute Gasteiger partial charge is 0.0627 e. The van der Waals surface area contributed by atoms with Crippen LogP contribution in [0.15, 0.2) is 29.2 Å². The Morgan fingerprint density at radius 1 is 1.40 bits per heavy atom. The van der Waals surface area contributed by atoms with Gasteiger partial charge in [0.05, 0.1) is 6.07 Å². The molecule has 0 unspecified atom stereocenters. The van der Waals surface area contributed by atoms with Crippen molar-refractivity contribution >= 4 is 17.4 Å². The Morgan fingerprint density at radius 3 is 2.73 bits per heavy atom. The lowest BCUT2D eigenvalue weighted by Crippen LogP contribution is -2.02. The molecular formula is C12H14N2S. The maximum absolute atomic E-state index is 8.71. The van der Waals surface area contributed by atoms with E-state index in [2.05, 4.69) is 6.07 Å². The first-order chi connectivity index (χ1) is 7.26. The molecule has 0 saturated heterocycles. The molecule has 0 aromatic heterocycles. The van der Waals surface area contributed by atoms with Crippen LogP contribution >= 0.6 is 11.8 Å². The summed E-state index contributed by atoms with van der Waals surface area (Å²) in [5.74, 6) is 1.02. The van der Waals surface area contributed by atoms with Crippen molar-refractivity contribution in [3.05, 3.63) is 24.3 Å². The largest absolute Gasteiger partial charge is 0.398 e. The predicted octanol–water partition coefficient (Wildman–Crippen LogP) is 3.05. The number of benzene rings is 1. The molecule has 1 aromatic rings. The van der Waals surface area contributed by atoms with Crippen molar-refractivity contribution in [2.75, 3.05) is 11.5 Å². The van der Waals surface area contributed by atoms with Crippen molar-refractivity contribution in [2.45, 2.75) is 24.2 Å². The zero-order chi connectivity index (χ0) is 10.7. The third-order valence-electron chi connectivity index (χ3n) is 2.86. The van der Waals surface area contributed by atoms with E-state index < -0.39 is 0 Å². The zero-order valence-electron chi connectivity index (χ0n) is 8.57. The third-order valence-corrected chi connectivity index (χ3v) is 4.30. The maximum Gasteiger partial charge on any atom is 0.0627 e. The van der Waals surface area contributed by atoms with Gasteiger partial charge in [0.2, 0.25) is 0 Å². The van der Waals surface area contributed by atoms with Gasteiger partial charge in [-0.3, -0.25) is 0 Å². The average molecular weight is 218 g/mol. The van der Waals surface area contributed by atoms with E-state index in [1.54, 1.807) is 11.8 Å². The lowest BCUT2D eigenvalue weighted by molar-refractivity contribution is 0.604. The summed E-state index contributed by atoms with van der Waals surface area (Å²) >= 11 is 1.78. The highest BCUT2D eigenvalue weighted by molar-refractivity contribution is 7.99. The van der Waals surface area contributed by atoms with Crippen LogP contribution in [0.1, 0.15) is 19.3 Å². The van der Waals surface area contributed by atoms with Gasteiger partial charge in [-0.2, -0.15) is 5.26 Å². The molecule has 0 radical (unpaired) electrons. The monoisotopic (exact) mass is 218 g/mol. The average Bonchev–Trinajstić information content (AvgIpc) is 2.98. The summed E-state index contributed by atoms with van der Waals surface area (Å²) < 4.78 is 0. The molecule has 0 amide bonds. The van der Waals surface area contributed by atoms with E-state index in [4.69, 9.17) is 11.0 Å². The molecule has 78 valence electrons. The first-order valence-electron chi connectivity index (χ1n) is 5.10. The van der Waals surface area contributed by atoms with Gasteiger partial charge in [0.15, 0.2) is 0 Å². The van der Waals surface area contributed by atoms with Crippen molar-refractivity contribution in [3.63, 3.8) is 0 Å². The molecule has 15 heavy (non-hydrogen) atoms. The molecule has 1 aliphatic rings. The molecule has 1 aromatic carbocycles. The highest BCUT2D eigenvalue weighted by atomic mass is 32.2. The minimum Gasteiger partial charge on any atom is -0.398 e. The van der Waals surface area contributed by atoms with E-state index in [9.17, 15) is 0 Å².